The quantitative estimate of drug-likeness (QED) is 0.777. The molecule has 0 bridgehead atoms. The number of aryl methyl sites for hydroxylation is 1. The lowest BCUT2D eigenvalue weighted by Gasteiger charge is -2.01. The van der Waals surface area contributed by atoms with E-state index in [1.54, 1.807) is 25.4 Å². The molecule has 0 aliphatic carbocycles. The Hall–Kier alpha value is -2.80. The first kappa shape index (κ1) is 14.2. The Morgan fingerprint density at radius 3 is 2.91 bits per heavy atom. The summed E-state index contributed by atoms with van der Waals surface area (Å²) in [6, 6.07) is 6.88. The standard InChI is InChI=1S/C15H12N4O2S/c1-9-4-5-11(13(20)17-9)14(21)19-15-18-12(8-22-15)10-3-2-6-16-7-10/h2-8H,1H3,(H,17,20)(H,18,19,21). The Kier molecular flexibility index (Phi) is 3.80. The van der Waals surface area contributed by atoms with Gasteiger partial charge < -0.3 is 4.98 Å². The van der Waals surface area contributed by atoms with Crippen LogP contribution in [0.1, 0.15) is 16.1 Å². The van der Waals surface area contributed by atoms with Gasteiger partial charge in [0.2, 0.25) is 0 Å². The first-order valence-corrected chi connectivity index (χ1v) is 7.38. The monoisotopic (exact) mass is 312 g/mol. The Bertz CT molecular complexity index is 871. The third-order valence-corrected chi connectivity index (χ3v) is 3.74. The summed E-state index contributed by atoms with van der Waals surface area (Å²) in [4.78, 5) is 34.8. The maximum absolute atomic E-state index is 12.1. The van der Waals surface area contributed by atoms with Gasteiger partial charge in [-0.25, -0.2) is 4.98 Å². The number of anilines is 1. The fraction of sp³-hybridized carbons (Fsp3) is 0.0667. The van der Waals surface area contributed by atoms with Crippen LogP contribution in [0.4, 0.5) is 5.13 Å². The highest BCUT2D eigenvalue weighted by atomic mass is 32.1. The number of amides is 1. The van der Waals surface area contributed by atoms with Crippen LogP contribution in [0, 0.1) is 6.92 Å². The molecule has 3 heterocycles. The Morgan fingerprint density at radius 1 is 1.32 bits per heavy atom. The van der Waals surface area contributed by atoms with Crippen LogP contribution < -0.4 is 10.9 Å². The molecule has 110 valence electrons. The zero-order valence-corrected chi connectivity index (χ0v) is 12.5. The van der Waals surface area contributed by atoms with Crippen molar-refractivity contribution >= 4 is 22.4 Å². The molecule has 3 rings (SSSR count). The van der Waals surface area contributed by atoms with Crippen LogP contribution in [0.25, 0.3) is 11.3 Å². The summed E-state index contributed by atoms with van der Waals surface area (Å²) in [5, 5.41) is 4.90. The molecule has 0 radical (unpaired) electrons. The van der Waals surface area contributed by atoms with Gasteiger partial charge in [0.05, 0.1) is 5.69 Å². The summed E-state index contributed by atoms with van der Waals surface area (Å²) in [7, 11) is 0. The molecule has 7 heteroatoms. The van der Waals surface area contributed by atoms with Crippen LogP contribution in [0.15, 0.2) is 46.8 Å². The second-order valence-corrected chi connectivity index (χ2v) is 5.48. The number of thiazole rings is 1. The minimum absolute atomic E-state index is 0.0590. The molecule has 0 fully saturated rings. The Labute approximate surface area is 129 Å². The van der Waals surface area contributed by atoms with Crippen molar-refractivity contribution in [3.63, 3.8) is 0 Å². The van der Waals surface area contributed by atoms with Crippen molar-refractivity contribution in [2.24, 2.45) is 0 Å². The maximum Gasteiger partial charge on any atom is 0.263 e. The van der Waals surface area contributed by atoms with Gasteiger partial charge in [0.1, 0.15) is 5.56 Å². The highest BCUT2D eigenvalue weighted by Gasteiger charge is 2.13. The van der Waals surface area contributed by atoms with Crippen molar-refractivity contribution in [3.8, 4) is 11.3 Å². The van der Waals surface area contributed by atoms with Crippen LogP contribution in [0.3, 0.4) is 0 Å². The van der Waals surface area contributed by atoms with Gasteiger partial charge in [-0.15, -0.1) is 11.3 Å². The SMILES string of the molecule is Cc1ccc(C(=O)Nc2nc(-c3cccnc3)cs2)c(=O)[nH]1. The van der Waals surface area contributed by atoms with Crippen molar-refractivity contribution in [2.45, 2.75) is 6.92 Å². The zero-order chi connectivity index (χ0) is 15.5. The highest BCUT2D eigenvalue weighted by molar-refractivity contribution is 7.14. The molecule has 0 atom stereocenters. The summed E-state index contributed by atoms with van der Waals surface area (Å²) < 4.78 is 0. The lowest BCUT2D eigenvalue weighted by Crippen LogP contribution is -2.23. The average molecular weight is 312 g/mol. The van der Waals surface area contributed by atoms with E-state index in [4.69, 9.17) is 0 Å². The van der Waals surface area contributed by atoms with Crippen LogP contribution in [0.2, 0.25) is 0 Å². The number of hydrogen-bond acceptors (Lipinski definition) is 5. The number of nitrogens with one attached hydrogen (secondary N) is 2. The Balaban J connectivity index is 1.80. The second-order valence-electron chi connectivity index (χ2n) is 4.62. The van der Waals surface area contributed by atoms with Gasteiger partial charge in [-0.3, -0.25) is 19.9 Å². The number of pyridine rings is 2. The second kappa shape index (κ2) is 5.90. The van der Waals surface area contributed by atoms with Crippen LogP contribution in [-0.2, 0) is 0 Å². The summed E-state index contributed by atoms with van der Waals surface area (Å²) in [6.07, 6.45) is 3.38. The van der Waals surface area contributed by atoms with Gasteiger partial charge in [-0.05, 0) is 31.2 Å². The average Bonchev–Trinajstić information content (AvgIpc) is 2.96. The van der Waals surface area contributed by atoms with E-state index in [1.165, 1.54) is 17.4 Å². The fourth-order valence-electron chi connectivity index (χ4n) is 1.89. The molecule has 0 unspecified atom stereocenters. The van der Waals surface area contributed by atoms with Crippen molar-refractivity contribution in [2.75, 3.05) is 5.32 Å². The molecule has 0 saturated carbocycles. The minimum atomic E-state index is -0.478. The van der Waals surface area contributed by atoms with E-state index in [-0.39, 0.29) is 5.56 Å². The van der Waals surface area contributed by atoms with E-state index in [1.807, 2.05) is 17.5 Å². The molecule has 0 aliphatic rings. The first-order valence-electron chi connectivity index (χ1n) is 6.51. The minimum Gasteiger partial charge on any atom is -0.326 e. The molecule has 0 saturated heterocycles. The van der Waals surface area contributed by atoms with Gasteiger partial charge in [0, 0.05) is 29.0 Å². The van der Waals surface area contributed by atoms with Gasteiger partial charge >= 0.3 is 0 Å². The molecular formula is C15H12N4O2S. The predicted octanol–water partition coefficient (Wildman–Crippen LogP) is 2.45. The molecule has 1 amide bonds. The molecule has 3 aromatic rings. The Morgan fingerprint density at radius 2 is 2.18 bits per heavy atom. The van der Waals surface area contributed by atoms with Crippen molar-refractivity contribution in [1.29, 1.82) is 0 Å². The van der Waals surface area contributed by atoms with Gasteiger partial charge in [-0.2, -0.15) is 0 Å². The number of H-pyrrole nitrogens is 1. The number of aromatic amines is 1. The lowest BCUT2D eigenvalue weighted by molar-refractivity contribution is 0.102. The number of hydrogen-bond donors (Lipinski definition) is 2. The highest BCUT2D eigenvalue weighted by Crippen LogP contribution is 2.24. The van der Waals surface area contributed by atoms with Crippen molar-refractivity contribution < 1.29 is 4.79 Å². The lowest BCUT2D eigenvalue weighted by atomic mass is 10.2. The van der Waals surface area contributed by atoms with E-state index < -0.39 is 11.5 Å². The van der Waals surface area contributed by atoms with Crippen LogP contribution >= 0.6 is 11.3 Å². The third-order valence-electron chi connectivity index (χ3n) is 2.98. The normalized spacial score (nSPS) is 10.4. The smallest absolute Gasteiger partial charge is 0.263 e. The molecular weight excluding hydrogens is 300 g/mol. The summed E-state index contributed by atoms with van der Waals surface area (Å²) >= 11 is 1.29. The third kappa shape index (κ3) is 2.94. The first-order chi connectivity index (χ1) is 10.6. The fourth-order valence-corrected chi connectivity index (χ4v) is 2.61. The van der Waals surface area contributed by atoms with E-state index in [0.717, 1.165) is 11.3 Å². The van der Waals surface area contributed by atoms with Gasteiger partial charge in [0.15, 0.2) is 5.13 Å². The van der Waals surface area contributed by atoms with E-state index >= 15 is 0 Å². The number of carbonyl (C=O) groups is 1. The molecule has 0 aromatic carbocycles. The van der Waals surface area contributed by atoms with E-state index in [9.17, 15) is 9.59 Å². The number of aromatic nitrogens is 3. The summed E-state index contributed by atoms with van der Waals surface area (Å²) in [6.45, 7) is 1.75. The van der Waals surface area contributed by atoms with Crippen molar-refractivity contribution in [3.05, 3.63) is 63.7 Å². The molecule has 2 N–H and O–H groups in total. The van der Waals surface area contributed by atoms with E-state index in [0.29, 0.717) is 10.8 Å². The van der Waals surface area contributed by atoms with Crippen LogP contribution in [0.5, 0.6) is 0 Å². The number of carbonyl (C=O) groups excluding carboxylic acids is 1. The number of rotatable bonds is 3. The molecule has 22 heavy (non-hydrogen) atoms. The summed E-state index contributed by atoms with van der Waals surface area (Å²) in [5.41, 5.74) is 1.94. The van der Waals surface area contributed by atoms with Crippen LogP contribution in [-0.4, -0.2) is 20.9 Å². The molecule has 3 aromatic heterocycles. The van der Waals surface area contributed by atoms with E-state index in [2.05, 4.69) is 20.3 Å². The molecule has 6 nitrogen and oxygen atoms in total. The topological polar surface area (TPSA) is 87.7 Å². The maximum atomic E-state index is 12.1. The molecule has 0 spiro atoms. The van der Waals surface area contributed by atoms with Gasteiger partial charge in [-0.1, -0.05) is 0 Å². The molecule has 0 aliphatic heterocycles. The predicted molar refractivity (Wildman–Crippen MR) is 85.1 cm³/mol. The largest absolute Gasteiger partial charge is 0.326 e. The summed E-state index contributed by atoms with van der Waals surface area (Å²) in [5.74, 6) is -0.478. The van der Waals surface area contributed by atoms with Gasteiger partial charge in [0.25, 0.3) is 11.5 Å². The van der Waals surface area contributed by atoms with Crippen molar-refractivity contribution in [1.82, 2.24) is 15.0 Å². The zero-order valence-electron chi connectivity index (χ0n) is 11.7. The number of nitrogens with zero attached hydrogens (tertiary/aromatic N) is 2.